The number of hydrogen-bond acceptors (Lipinski definition) is 6. The Bertz CT molecular complexity index is 1110. The van der Waals surface area contributed by atoms with E-state index in [1.54, 1.807) is 13.0 Å². The predicted octanol–water partition coefficient (Wildman–Crippen LogP) is 4.09. The molecule has 7 nitrogen and oxygen atoms in total. The summed E-state index contributed by atoms with van der Waals surface area (Å²) < 4.78 is 5.97. The van der Waals surface area contributed by atoms with Crippen molar-refractivity contribution in [1.29, 1.82) is 0 Å². The third-order valence-corrected chi connectivity index (χ3v) is 5.67. The minimum absolute atomic E-state index is 0.00302. The molecule has 1 amide bonds. The molecule has 3 rings (SSSR count). The van der Waals surface area contributed by atoms with Crippen LogP contribution in [0.4, 0.5) is 5.69 Å². The molecule has 3 aromatic rings. The van der Waals surface area contributed by atoms with Gasteiger partial charge in [0.15, 0.2) is 0 Å². The fourth-order valence-electron chi connectivity index (χ4n) is 2.46. The molecular formula is C19H15Cl2N3O4S. The maximum atomic E-state index is 12.5. The Morgan fingerprint density at radius 2 is 1.97 bits per heavy atom. The number of ether oxygens (including phenoxy) is 1. The lowest BCUT2D eigenvalue weighted by atomic mass is 10.2. The number of carbonyl (C=O) groups is 2. The summed E-state index contributed by atoms with van der Waals surface area (Å²) in [4.78, 5) is 37.9. The van der Waals surface area contributed by atoms with Crippen LogP contribution in [0.2, 0.25) is 10.0 Å². The number of halogens is 2. The molecule has 0 spiro atoms. The molecule has 0 unspecified atom stereocenters. The van der Waals surface area contributed by atoms with Gasteiger partial charge in [-0.2, -0.15) is 5.10 Å². The highest BCUT2D eigenvalue weighted by Crippen LogP contribution is 2.35. The Hall–Kier alpha value is -2.68. The van der Waals surface area contributed by atoms with E-state index in [9.17, 15) is 14.4 Å². The molecule has 0 aliphatic carbocycles. The zero-order valence-electron chi connectivity index (χ0n) is 15.1. The average Bonchev–Trinajstić information content (AvgIpc) is 3.13. The number of thiophene rings is 1. The van der Waals surface area contributed by atoms with Gasteiger partial charge in [0.05, 0.1) is 23.5 Å². The SMILES string of the molecule is CCOC(=O)c1sc(-c2ccccc2)cc1NC(=O)Cn1ncc(Cl)c(Cl)c1=O. The summed E-state index contributed by atoms with van der Waals surface area (Å²) in [6.07, 6.45) is 1.18. The highest BCUT2D eigenvalue weighted by Gasteiger charge is 2.20. The number of carbonyl (C=O) groups excluding carboxylic acids is 2. The van der Waals surface area contributed by atoms with Gasteiger partial charge >= 0.3 is 5.97 Å². The van der Waals surface area contributed by atoms with Crippen molar-refractivity contribution >= 4 is 52.1 Å². The lowest BCUT2D eigenvalue weighted by Crippen LogP contribution is -2.30. The third-order valence-electron chi connectivity index (χ3n) is 3.76. The van der Waals surface area contributed by atoms with Gasteiger partial charge in [0, 0.05) is 4.88 Å². The van der Waals surface area contributed by atoms with Crippen molar-refractivity contribution in [3.8, 4) is 10.4 Å². The Balaban J connectivity index is 1.88. The van der Waals surface area contributed by atoms with Crippen LogP contribution in [0.1, 0.15) is 16.6 Å². The first-order chi connectivity index (χ1) is 13.9. The summed E-state index contributed by atoms with van der Waals surface area (Å²) >= 11 is 12.7. The summed E-state index contributed by atoms with van der Waals surface area (Å²) in [5.41, 5.74) is 0.506. The molecule has 150 valence electrons. The second-order valence-electron chi connectivity index (χ2n) is 5.76. The van der Waals surface area contributed by atoms with Gasteiger partial charge in [-0.1, -0.05) is 53.5 Å². The lowest BCUT2D eigenvalue weighted by Gasteiger charge is -2.08. The minimum atomic E-state index is -0.685. The Kier molecular flexibility index (Phi) is 6.68. The quantitative estimate of drug-likeness (QED) is 0.569. The second-order valence-corrected chi connectivity index (χ2v) is 7.59. The molecule has 29 heavy (non-hydrogen) atoms. The molecule has 0 saturated heterocycles. The van der Waals surface area contributed by atoms with E-state index >= 15 is 0 Å². The number of amides is 1. The molecule has 2 heterocycles. The Labute approximate surface area is 179 Å². The highest BCUT2D eigenvalue weighted by atomic mass is 35.5. The monoisotopic (exact) mass is 451 g/mol. The van der Waals surface area contributed by atoms with Crippen LogP contribution in [0.25, 0.3) is 10.4 Å². The third kappa shape index (κ3) is 4.84. The van der Waals surface area contributed by atoms with Crippen LogP contribution < -0.4 is 10.9 Å². The summed E-state index contributed by atoms with van der Waals surface area (Å²) in [5, 5.41) is 6.23. The first-order valence-electron chi connectivity index (χ1n) is 8.48. The number of nitrogens with zero attached hydrogens (tertiary/aromatic N) is 2. The van der Waals surface area contributed by atoms with Gasteiger partial charge in [0.25, 0.3) is 5.56 Å². The summed E-state index contributed by atoms with van der Waals surface area (Å²) in [6.45, 7) is 1.51. The highest BCUT2D eigenvalue weighted by molar-refractivity contribution is 7.18. The summed E-state index contributed by atoms with van der Waals surface area (Å²) in [5.74, 6) is -1.10. The van der Waals surface area contributed by atoms with E-state index in [4.69, 9.17) is 27.9 Å². The van der Waals surface area contributed by atoms with Crippen molar-refractivity contribution in [1.82, 2.24) is 9.78 Å². The summed E-state index contributed by atoms with van der Waals surface area (Å²) in [7, 11) is 0. The maximum absolute atomic E-state index is 12.5. The van der Waals surface area contributed by atoms with E-state index in [-0.39, 0.29) is 21.5 Å². The predicted molar refractivity (Wildman–Crippen MR) is 113 cm³/mol. The number of rotatable bonds is 6. The molecule has 10 heteroatoms. The van der Waals surface area contributed by atoms with E-state index in [0.29, 0.717) is 5.69 Å². The number of esters is 1. The van der Waals surface area contributed by atoms with Gasteiger partial charge in [0.1, 0.15) is 16.4 Å². The van der Waals surface area contributed by atoms with Crippen molar-refractivity contribution in [2.45, 2.75) is 13.5 Å². The number of nitrogens with one attached hydrogen (secondary N) is 1. The van der Waals surface area contributed by atoms with Crippen LogP contribution in [0.3, 0.4) is 0 Å². The lowest BCUT2D eigenvalue weighted by molar-refractivity contribution is -0.117. The molecule has 0 radical (unpaired) electrons. The minimum Gasteiger partial charge on any atom is -0.462 e. The Morgan fingerprint density at radius 1 is 1.24 bits per heavy atom. The van der Waals surface area contributed by atoms with Crippen LogP contribution in [-0.4, -0.2) is 28.3 Å². The van der Waals surface area contributed by atoms with Gasteiger partial charge < -0.3 is 10.1 Å². The number of anilines is 1. The number of hydrogen-bond donors (Lipinski definition) is 1. The van der Waals surface area contributed by atoms with Gasteiger partial charge in [-0.25, -0.2) is 9.48 Å². The van der Waals surface area contributed by atoms with Gasteiger partial charge in [-0.3, -0.25) is 9.59 Å². The first kappa shape index (κ1) is 21.0. The van der Waals surface area contributed by atoms with Gasteiger partial charge in [-0.05, 0) is 18.6 Å². The molecule has 0 atom stereocenters. The molecular weight excluding hydrogens is 437 g/mol. The molecule has 0 fully saturated rings. The van der Waals surface area contributed by atoms with Crippen molar-refractivity contribution < 1.29 is 14.3 Å². The van der Waals surface area contributed by atoms with Crippen LogP contribution in [0, 0.1) is 0 Å². The average molecular weight is 452 g/mol. The molecule has 0 aliphatic heterocycles. The van der Waals surface area contributed by atoms with E-state index in [0.717, 1.165) is 15.1 Å². The molecule has 0 aliphatic rings. The maximum Gasteiger partial charge on any atom is 0.350 e. The molecule has 1 N–H and O–H groups in total. The van der Waals surface area contributed by atoms with Crippen LogP contribution in [-0.2, 0) is 16.1 Å². The fourth-order valence-corrected chi connectivity index (χ4v) is 3.74. The van der Waals surface area contributed by atoms with Crippen molar-refractivity contribution in [3.63, 3.8) is 0 Å². The van der Waals surface area contributed by atoms with Crippen molar-refractivity contribution in [2.24, 2.45) is 0 Å². The number of benzene rings is 1. The van der Waals surface area contributed by atoms with E-state index < -0.39 is 24.0 Å². The van der Waals surface area contributed by atoms with E-state index in [2.05, 4.69) is 10.4 Å². The normalized spacial score (nSPS) is 10.6. The second kappa shape index (κ2) is 9.21. The largest absolute Gasteiger partial charge is 0.462 e. The smallest absolute Gasteiger partial charge is 0.350 e. The van der Waals surface area contributed by atoms with Crippen LogP contribution >= 0.6 is 34.5 Å². The fraction of sp³-hybridized carbons (Fsp3) is 0.158. The summed E-state index contributed by atoms with van der Waals surface area (Å²) in [6, 6.07) is 11.1. The van der Waals surface area contributed by atoms with E-state index in [1.165, 1.54) is 17.5 Å². The zero-order chi connectivity index (χ0) is 21.0. The van der Waals surface area contributed by atoms with Crippen molar-refractivity contribution in [3.05, 3.63) is 67.9 Å². The van der Waals surface area contributed by atoms with Crippen LogP contribution in [0.15, 0.2) is 47.4 Å². The first-order valence-corrected chi connectivity index (χ1v) is 10.0. The zero-order valence-corrected chi connectivity index (χ0v) is 17.5. The molecule has 1 aromatic carbocycles. The Morgan fingerprint density at radius 3 is 2.66 bits per heavy atom. The van der Waals surface area contributed by atoms with Crippen LogP contribution in [0.5, 0.6) is 0 Å². The topological polar surface area (TPSA) is 90.3 Å². The number of aromatic nitrogens is 2. The standard InChI is InChI=1S/C19H15Cl2N3O4S/c1-2-28-19(27)17-13(8-14(29-17)11-6-4-3-5-7-11)23-15(25)10-24-18(26)16(21)12(20)9-22-24/h3-9H,2,10H2,1H3,(H,23,25). The van der Waals surface area contributed by atoms with E-state index in [1.807, 2.05) is 30.3 Å². The van der Waals surface area contributed by atoms with Gasteiger partial charge in [0.2, 0.25) is 5.91 Å². The molecule has 0 bridgehead atoms. The molecule has 0 saturated carbocycles. The van der Waals surface area contributed by atoms with Gasteiger partial charge in [-0.15, -0.1) is 11.3 Å². The van der Waals surface area contributed by atoms with Crippen molar-refractivity contribution in [2.75, 3.05) is 11.9 Å². The molecule has 2 aromatic heterocycles.